The topological polar surface area (TPSA) is 70.7 Å². The second-order valence-electron chi connectivity index (χ2n) is 8.69. The lowest BCUT2D eigenvalue weighted by Crippen LogP contribution is -2.34. The van der Waals surface area contributed by atoms with Crippen LogP contribution in [0.15, 0.2) is 24.3 Å². The average molecular weight is 390 g/mol. The molecule has 1 fully saturated rings. The number of nitrogens with zero attached hydrogens (tertiary/aromatic N) is 1. The number of unbranched alkanes of at least 4 members (excludes halogenated alkanes) is 1. The van der Waals surface area contributed by atoms with Crippen LogP contribution in [0.2, 0.25) is 0 Å². The van der Waals surface area contributed by atoms with E-state index in [1.165, 1.54) is 25.9 Å². The van der Waals surface area contributed by atoms with Gasteiger partial charge in [-0.15, -0.1) is 0 Å². The normalized spacial score (nSPS) is 15.9. The molecule has 6 heteroatoms. The molecule has 1 saturated heterocycles. The number of hydrogen-bond acceptors (Lipinski definition) is 4. The van der Waals surface area contributed by atoms with Crippen molar-refractivity contribution in [1.29, 1.82) is 0 Å². The number of piperidine rings is 1. The van der Waals surface area contributed by atoms with Crippen molar-refractivity contribution in [2.24, 2.45) is 5.92 Å². The van der Waals surface area contributed by atoms with Crippen molar-refractivity contribution in [3.63, 3.8) is 0 Å². The number of anilines is 1. The first-order valence-electron chi connectivity index (χ1n) is 10.3. The van der Waals surface area contributed by atoms with E-state index < -0.39 is 11.7 Å². The van der Waals surface area contributed by atoms with Crippen molar-refractivity contribution >= 4 is 17.7 Å². The lowest BCUT2D eigenvalue weighted by Gasteiger charge is -2.30. The smallest absolute Gasteiger partial charge is 0.412 e. The van der Waals surface area contributed by atoms with Crippen LogP contribution in [-0.2, 0) is 4.74 Å². The van der Waals surface area contributed by atoms with E-state index in [2.05, 4.69) is 22.5 Å². The average Bonchev–Trinajstić information content (AvgIpc) is 2.61. The Morgan fingerprint density at radius 1 is 1.18 bits per heavy atom. The first-order chi connectivity index (χ1) is 13.2. The largest absolute Gasteiger partial charge is 0.444 e. The summed E-state index contributed by atoms with van der Waals surface area (Å²) in [6.07, 6.45) is 4.12. The number of amides is 2. The molecule has 2 amide bonds. The fourth-order valence-electron chi connectivity index (χ4n) is 3.21. The molecule has 2 rings (SSSR count). The number of carbonyl (C=O) groups is 2. The number of likely N-dealkylation sites (tertiary alicyclic amines) is 1. The molecule has 0 radical (unpaired) electrons. The Bertz CT molecular complexity index is 647. The zero-order chi connectivity index (χ0) is 20.6. The Balaban J connectivity index is 1.70. The first-order valence-corrected chi connectivity index (χ1v) is 10.3. The van der Waals surface area contributed by atoms with Crippen molar-refractivity contribution in [3.8, 4) is 0 Å². The van der Waals surface area contributed by atoms with Crippen LogP contribution in [0.25, 0.3) is 0 Å². The van der Waals surface area contributed by atoms with Crippen LogP contribution in [0.4, 0.5) is 10.5 Å². The molecule has 28 heavy (non-hydrogen) atoms. The molecule has 0 aromatic heterocycles. The molecule has 0 bridgehead atoms. The van der Waals surface area contributed by atoms with Gasteiger partial charge in [0.25, 0.3) is 5.91 Å². The number of nitrogens with one attached hydrogen (secondary N) is 2. The molecule has 156 valence electrons. The number of carbonyl (C=O) groups excluding carboxylic acids is 2. The van der Waals surface area contributed by atoms with Gasteiger partial charge in [0, 0.05) is 17.8 Å². The Labute approximate surface area is 169 Å². The quantitative estimate of drug-likeness (QED) is 0.683. The second kappa shape index (κ2) is 10.5. The maximum absolute atomic E-state index is 12.3. The van der Waals surface area contributed by atoms with Crippen LogP contribution in [0.3, 0.4) is 0 Å². The maximum Gasteiger partial charge on any atom is 0.412 e. The number of rotatable bonds is 7. The first kappa shape index (κ1) is 22.2. The van der Waals surface area contributed by atoms with Gasteiger partial charge in [0.1, 0.15) is 5.60 Å². The molecule has 6 nitrogen and oxygen atoms in total. The van der Waals surface area contributed by atoms with Crippen LogP contribution in [0.1, 0.15) is 63.7 Å². The Kier molecular flexibility index (Phi) is 8.30. The molecule has 0 atom stereocenters. The molecule has 0 aliphatic carbocycles. The summed E-state index contributed by atoms with van der Waals surface area (Å²) in [6.45, 7) is 11.9. The molecular formula is C22H35N3O3. The van der Waals surface area contributed by atoms with Crippen LogP contribution >= 0.6 is 0 Å². The minimum Gasteiger partial charge on any atom is -0.444 e. The van der Waals surface area contributed by atoms with Crippen molar-refractivity contribution in [2.75, 3.05) is 31.5 Å². The lowest BCUT2D eigenvalue weighted by atomic mass is 9.99. The summed E-state index contributed by atoms with van der Waals surface area (Å²) in [5.41, 5.74) is 0.505. The van der Waals surface area contributed by atoms with Gasteiger partial charge in [0.2, 0.25) is 0 Å². The molecule has 0 saturated carbocycles. The lowest BCUT2D eigenvalue weighted by molar-refractivity contribution is 0.0635. The molecule has 1 aliphatic rings. The fourth-order valence-corrected chi connectivity index (χ4v) is 3.21. The van der Waals surface area contributed by atoms with Gasteiger partial charge in [-0.1, -0.05) is 13.0 Å². The van der Waals surface area contributed by atoms with E-state index >= 15 is 0 Å². The van der Waals surface area contributed by atoms with Gasteiger partial charge < -0.3 is 15.0 Å². The zero-order valence-corrected chi connectivity index (χ0v) is 17.7. The third-order valence-electron chi connectivity index (χ3n) is 4.83. The SMILES string of the molecule is CC1CCN(CCCCNC(=O)c2cccc(NC(=O)OC(C)(C)C)c2)CC1. The monoisotopic (exact) mass is 389 g/mol. The number of ether oxygens (including phenoxy) is 1. The van der Waals surface area contributed by atoms with Gasteiger partial charge in [-0.05, 0) is 90.2 Å². The van der Waals surface area contributed by atoms with Crippen LogP contribution in [0.5, 0.6) is 0 Å². The van der Waals surface area contributed by atoms with Gasteiger partial charge in [0.05, 0.1) is 0 Å². The third-order valence-corrected chi connectivity index (χ3v) is 4.83. The molecule has 1 aromatic carbocycles. The van der Waals surface area contributed by atoms with Crippen molar-refractivity contribution < 1.29 is 14.3 Å². The molecule has 0 unspecified atom stereocenters. The van der Waals surface area contributed by atoms with Crippen LogP contribution in [-0.4, -0.2) is 48.7 Å². The summed E-state index contributed by atoms with van der Waals surface area (Å²) < 4.78 is 5.24. The maximum atomic E-state index is 12.3. The molecule has 1 aliphatic heterocycles. The molecule has 0 spiro atoms. The van der Waals surface area contributed by atoms with E-state index in [4.69, 9.17) is 4.74 Å². The highest BCUT2D eigenvalue weighted by atomic mass is 16.6. The predicted molar refractivity (Wildman–Crippen MR) is 113 cm³/mol. The van der Waals surface area contributed by atoms with E-state index in [9.17, 15) is 9.59 Å². The van der Waals surface area contributed by atoms with Gasteiger partial charge in [-0.25, -0.2) is 4.79 Å². The Morgan fingerprint density at radius 3 is 2.57 bits per heavy atom. The highest BCUT2D eigenvalue weighted by Crippen LogP contribution is 2.16. The van der Waals surface area contributed by atoms with Crippen molar-refractivity contribution in [3.05, 3.63) is 29.8 Å². The Morgan fingerprint density at radius 2 is 1.89 bits per heavy atom. The van der Waals surface area contributed by atoms with E-state index in [0.29, 0.717) is 17.8 Å². The summed E-state index contributed by atoms with van der Waals surface area (Å²) in [4.78, 5) is 26.7. The van der Waals surface area contributed by atoms with Gasteiger partial charge >= 0.3 is 6.09 Å². The minimum absolute atomic E-state index is 0.125. The number of benzene rings is 1. The molecule has 1 heterocycles. The summed E-state index contributed by atoms with van der Waals surface area (Å²) in [5, 5.41) is 5.62. The van der Waals surface area contributed by atoms with Gasteiger partial charge in [-0.2, -0.15) is 0 Å². The van der Waals surface area contributed by atoms with Crippen molar-refractivity contribution in [1.82, 2.24) is 10.2 Å². The highest BCUT2D eigenvalue weighted by molar-refractivity contribution is 5.96. The van der Waals surface area contributed by atoms with Gasteiger partial charge in [0.15, 0.2) is 0 Å². The Hall–Kier alpha value is -2.08. The second-order valence-corrected chi connectivity index (χ2v) is 8.69. The fraction of sp³-hybridized carbons (Fsp3) is 0.636. The highest BCUT2D eigenvalue weighted by Gasteiger charge is 2.17. The van der Waals surface area contributed by atoms with Crippen LogP contribution < -0.4 is 10.6 Å². The van der Waals surface area contributed by atoms with Crippen LogP contribution in [0, 0.1) is 5.92 Å². The minimum atomic E-state index is -0.564. The molecule has 2 N–H and O–H groups in total. The van der Waals surface area contributed by atoms with Gasteiger partial charge in [-0.3, -0.25) is 10.1 Å². The summed E-state index contributed by atoms with van der Waals surface area (Å²) in [6, 6.07) is 6.89. The number of hydrogen-bond donors (Lipinski definition) is 2. The summed E-state index contributed by atoms with van der Waals surface area (Å²) >= 11 is 0. The summed E-state index contributed by atoms with van der Waals surface area (Å²) in [5.74, 6) is 0.732. The third kappa shape index (κ3) is 8.30. The predicted octanol–water partition coefficient (Wildman–Crippen LogP) is 4.28. The molecular weight excluding hydrogens is 354 g/mol. The zero-order valence-electron chi connectivity index (χ0n) is 17.7. The summed E-state index contributed by atoms with van der Waals surface area (Å²) in [7, 11) is 0. The van der Waals surface area contributed by atoms with E-state index in [1.54, 1.807) is 24.3 Å². The van der Waals surface area contributed by atoms with E-state index in [1.807, 2.05) is 20.8 Å². The van der Waals surface area contributed by atoms with E-state index in [0.717, 1.165) is 25.3 Å². The van der Waals surface area contributed by atoms with E-state index in [-0.39, 0.29) is 5.91 Å². The molecule has 1 aromatic rings. The standard InChI is InChI=1S/C22H35N3O3/c1-17-10-14-25(15-11-17)13-6-5-12-23-20(26)18-8-7-9-19(16-18)24-21(27)28-22(2,3)4/h7-9,16-17H,5-6,10-15H2,1-4H3,(H,23,26)(H,24,27). The van der Waals surface area contributed by atoms with Crippen molar-refractivity contribution in [2.45, 2.75) is 59.0 Å².